The molecule has 1 heteroatoms. The summed E-state index contributed by atoms with van der Waals surface area (Å²) in [4.78, 5) is 2.55. The average Bonchev–Trinajstić information content (AvgIpc) is 2.91. The molecule has 0 amide bonds. The van der Waals surface area contributed by atoms with Crippen molar-refractivity contribution in [1.82, 2.24) is 4.90 Å². The molecule has 0 fully saturated rings. The number of nitrogens with zero attached hydrogens (tertiary/aromatic N) is 1. The van der Waals surface area contributed by atoms with Crippen molar-refractivity contribution in [2.75, 3.05) is 0 Å². The molecule has 1 nitrogen and oxygen atoms in total. The summed E-state index contributed by atoms with van der Waals surface area (Å²) in [6.45, 7) is 36.3. The molecule has 1 aromatic rings. The number of hydrogen-bond donors (Lipinski definition) is 0. The van der Waals surface area contributed by atoms with Crippen LogP contribution in [-0.4, -0.2) is 10.9 Å². The van der Waals surface area contributed by atoms with Gasteiger partial charge in [-0.1, -0.05) is 113 Å². The number of benzene rings is 1. The Morgan fingerprint density at radius 2 is 1.64 bits per heavy atom. The highest BCUT2D eigenvalue weighted by Gasteiger charge is 2.28. The largest absolute Gasteiger partial charge is 0.342 e. The molecule has 1 aliphatic heterocycles. The van der Waals surface area contributed by atoms with Crippen molar-refractivity contribution in [1.29, 1.82) is 0 Å². The predicted molar refractivity (Wildman–Crippen MR) is 169 cm³/mol. The highest BCUT2D eigenvalue weighted by atomic mass is 15.2. The lowest BCUT2D eigenvalue weighted by Gasteiger charge is -2.40. The van der Waals surface area contributed by atoms with Crippen LogP contribution in [0.1, 0.15) is 125 Å². The van der Waals surface area contributed by atoms with Crippen molar-refractivity contribution in [3.05, 3.63) is 88.8 Å². The highest BCUT2D eigenvalue weighted by molar-refractivity contribution is 5.53. The summed E-state index contributed by atoms with van der Waals surface area (Å²) < 4.78 is 0. The van der Waals surface area contributed by atoms with Crippen LogP contribution in [0.2, 0.25) is 0 Å². The van der Waals surface area contributed by atoms with Gasteiger partial charge >= 0.3 is 0 Å². The molecule has 0 saturated carbocycles. The Morgan fingerprint density at radius 1 is 1.06 bits per heavy atom. The quantitative estimate of drug-likeness (QED) is 0.325. The van der Waals surface area contributed by atoms with Crippen LogP contribution in [0.25, 0.3) is 6.08 Å². The summed E-state index contributed by atoms with van der Waals surface area (Å²) in [5.41, 5.74) is 8.99. The molecule has 1 atom stereocenters. The number of rotatable bonds is 8. The van der Waals surface area contributed by atoms with Crippen molar-refractivity contribution >= 4 is 6.08 Å². The van der Waals surface area contributed by atoms with E-state index in [0.717, 1.165) is 24.0 Å². The van der Waals surface area contributed by atoms with E-state index in [0.29, 0.717) is 6.04 Å². The third-order valence-electron chi connectivity index (χ3n) is 6.57. The Bertz CT molecular complexity index is 876. The summed E-state index contributed by atoms with van der Waals surface area (Å²) in [5, 5.41) is 0. The fraction of sp³-hybridized carbons (Fsp3) is 0.543. The third-order valence-corrected chi connectivity index (χ3v) is 6.57. The Hall–Kier alpha value is -2.28. The average molecular weight is 494 g/mol. The Kier molecular flexibility index (Phi) is 18.9. The van der Waals surface area contributed by atoms with Gasteiger partial charge in [-0.05, 0) is 86.4 Å². The number of allylic oxidation sites excluding steroid dienone is 6. The van der Waals surface area contributed by atoms with E-state index in [1.165, 1.54) is 40.9 Å². The molecule has 204 valence electrons. The Morgan fingerprint density at radius 3 is 2.14 bits per heavy atom. The van der Waals surface area contributed by atoms with Crippen LogP contribution in [0, 0.1) is 6.92 Å². The first kappa shape index (κ1) is 35.9. The summed E-state index contributed by atoms with van der Waals surface area (Å²) in [7, 11) is 0. The van der Waals surface area contributed by atoms with E-state index in [9.17, 15) is 0 Å². The lowest BCUT2D eigenvalue weighted by atomic mass is 9.75. The van der Waals surface area contributed by atoms with Gasteiger partial charge in [-0.2, -0.15) is 0 Å². The molecule has 36 heavy (non-hydrogen) atoms. The van der Waals surface area contributed by atoms with E-state index in [1.54, 1.807) is 0 Å². The van der Waals surface area contributed by atoms with Gasteiger partial charge in [0.2, 0.25) is 0 Å². The minimum atomic E-state index is -0.152. The molecule has 1 heterocycles. The zero-order chi connectivity index (χ0) is 28.5. The minimum absolute atomic E-state index is 0.152. The van der Waals surface area contributed by atoms with E-state index in [-0.39, 0.29) is 5.41 Å². The second-order valence-corrected chi connectivity index (χ2v) is 9.15. The van der Waals surface area contributed by atoms with E-state index in [4.69, 9.17) is 0 Å². The second kappa shape index (κ2) is 18.9. The van der Waals surface area contributed by atoms with E-state index >= 15 is 0 Å². The van der Waals surface area contributed by atoms with Crippen molar-refractivity contribution in [3.8, 4) is 0 Å². The molecule has 0 spiro atoms. The standard InChI is InChI=1S/C29H41N.3C2H6/c1-10-13-14-28-22(5)15-17-24(7)30(28)26(12-3)19-23(6)29(8,9)27-20-25(11-2)18-16-21(27)4;3*1-2/h11,13-14,16,18-20,24H,2,6,10,12,15,17H2,1,3-5,7-9H3;3*1-2H3/b14-13-,26-19+;;;. The van der Waals surface area contributed by atoms with Gasteiger partial charge in [0.05, 0.1) is 0 Å². The molecular formula is C35H59N. The van der Waals surface area contributed by atoms with Crippen molar-refractivity contribution in [2.24, 2.45) is 0 Å². The van der Waals surface area contributed by atoms with Gasteiger partial charge in [0.1, 0.15) is 0 Å². The SMILES string of the molecule is C=Cc1ccc(C)c(C(C)(C)C(=C)/C=C(\CC)N2C(/C=C\CC)=C(C)CCC2C)c1.CC.CC.CC. The molecule has 0 saturated heterocycles. The molecule has 0 aromatic heterocycles. The molecule has 1 aromatic carbocycles. The molecule has 0 radical (unpaired) electrons. The van der Waals surface area contributed by atoms with Crippen LogP contribution in [-0.2, 0) is 5.41 Å². The second-order valence-electron chi connectivity index (χ2n) is 9.15. The predicted octanol–water partition coefficient (Wildman–Crippen LogP) is 11.6. The third kappa shape index (κ3) is 9.64. The van der Waals surface area contributed by atoms with E-state index < -0.39 is 0 Å². The van der Waals surface area contributed by atoms with Crippen LogP contribution in [0.15, 0.2) is 72.1 Å². The van der Waals surface area contributed by atoms with Gasteiger partial charge in [0.15, 0.2) is 0 Å². The van der Waals surface area contributed by atoms with Crippen LogP contribution >= 0.6 is 0 Å². The summed E-state index contributed by atoms with van der Waals surface area (Å²) in [5.74, 6) is 0. The maximum atomic E-state index is 4.55. The monoisotopic (exact) mass is 493 g/mol. The lowest BCUT2D eigenvalue weighted by molar-refractivity contribution is 0.293. The fourth-order valence-corrected chi connectivity index (χ4v) is 4.35. The van der Waals surface area contributed by atoms with Crippen molar-refractivity contribution in [2.45, 2.75) is 127 Å². The summed E-state index contributed by atoms with van der Waals surface area (Å²) in [6, 6.07) is 7.08. The van der Waals surface area contributed by atoms with Gasteiger partial charge in [0, 0.05) is 22.9 Å². The van der Waals surface area contributed by atoms with Crippen LogP contribution < -0.4 is 0 Å². The first-order valence-electron chi connectivity index (χ1n) is 14.5. The molecule has 1 unspecified atom stereocenters. The molecule has 2 rings (SSSR count). The molecular weight excluding hydrogens is 434 g/mol. The van der Waals surface area contributed by atoms with Crippen LogP contribution in [0.4, 0.5) is 0 Å². The van der Waals surface area contributed by atoms with Crippen molar-refractivity contribution in [3.63, 3.8) is 0 Å². The van der Waals surface area contributed by atoms with E-state index in [2.05, 4.69) is 103 Å². The zero-order valence-corrected chi connectivity index (χ0v) is 26.3. The van der Waals surface area contributed by atoms with Gasteiger partial charge in [-0.25, -0.2) is 0 Å². The smallest absolute Gasteiger partial charge is 0.0396 e. The maximum absolute atomic E-state index is 4.55. The molecule has 0 N–H and O–H groups in total. The summed E-state index contributed by atoms with van der Waals surface area (Å²) >= 11 is 0. The van der Waals surface area contributed by atoms with Gasteiger partial charge in [-0.3, -0.25) is 0 Å². The van der Waals surface area contributed by atoms with Gasteiger partial charge in [0.25, 0.3) is 0 Å². The van der Waals surface area contributed by atoms with Crippen LogP contribution in [0.5, 0.6) is 0 Å². The normalized spacial score (nSPS) is 15.8. The first-order valence-corrected chi connectivity index (χ1v) is 14.5. The maximum Gasteiger partial charge on any atom is 0.0396 e. The lowest BCUT2D eigenvalue weighted by Crippen LogP contribution is -2.35. The van der Waals surface area contributed by atoms with Gasteiger partial charge < -0.3 is 4.90 Å². The first-order chi connectivity index (χ1) is 17.2. The molecule has 0 aliphatic carbocycles. The topological polar surface area (TPSA) is 3.24 Å². The molecule has 0 bridgehead atoms. The van der Waals surface area contributed by atoms with E-state index in [1.807, 2.05) is 47.6 Å². The number of hydrogen-bond acceptors (Lipinski definition) is 1. The zero-order valence-electron chi connectivity index (χ0n) is 26.3. The molecule has 1 aliphatic rings. The Labute approximate surface area is 226 Å². The minimum Gasteiger partial charge on any atom is -0.342 e. The van der Waals surface area contributed by atoms with Crippen molar-refractivity contribution < 1.29 is 0 Å². The van der Waals surface area contributed by atoms with Gasteiger partial charge in [-0.15, -0.1) is 0 Å². The Balaban J connectivity index is 0. The van der Waals surface area contributed by atoms with Crippen LogP contribution in [0.3, 0.4) is 0 Å². The number of aryl methyl sites for hydroxylation is 1. The summed E-state index contributed by atoms with van der Waals surface area (Å²) in [6.07, 6.45) is 13.3. The highest BCUT2D eigenvalue weighted by Crippen LogP contribution is 2.37. The fourth-order valence-electron chi connectivity index (χ4n) is 4.35.